The lowest BCUT2D eigenvalue weighted by atomic mass is 9.73. The standard InChI is InChI=1S/C17H25FN2O/c1-11-7-12(16(2,3)9-19-6)8-13(18)14(11)15-20-17(4,5)10-21-15/h7,9,12H,8,10H2,1-6H3. The van der Waals surface area contributed by atoms with Crippen LogP contribution in [-0.2, 0) is 4.74 Å². The zero-order valence-corrected chi connectivity index (χ0v) is 13.8. The van der Waals surface area contributed by atoms with E-state index in [0.29, 0.717) is 24.5 Å². The maximum atomic E-state index is 14.7. The van der Waals surface area contributed by atoms with Gasteiger partial charge in [0.15, 0.2) is 0 Å². The van der Waals surface area contributed by atoms with Gasteiger partial charge in [0.05, 0.1) is 11.1 Å². The third kappa shape index (κ3) is 3.25. The summed E-state index contributed by atoms with van der Waals surface area (Å²) in [6.45, 7) is 10.6. The number of aliphatic imine (C=N–C) groups is 2. The van der Waals surface area contributed by atoms with Gasteiger partial charge >= 0.3 is 0 Å². The predicted molar refractivity (Wildman–Crippen MR) is 85.7 cm³/mol. The number of rotatable bonds is 3. The summed E-state index contributed by atoms with van der Waals surface area (Å²) in [5.74, 6) is 0.417. The van der Waals surface area contributed by atoms with Crippen LogP contribution in [-0.4, -0.2) is 31.3 Å². The molecular formula is C17H25FN2O. The van der Waals surface area contributed by atoms with Gasteiger partial charge in [-0.25, -0.2) is 9.38 Å². The molecule has 116 valence electrons. The molecule has 21 heavy (non-hydrogen) atoms. The lowest BCUT2D eigenvalue weighted by Crippen LogP contribution is -2.27. The first-order chi connectivity index (χ1) is 9.66. The van der Waals surface area contributed by atoms with Crippen LogP contribution in [0.25, 0.3) is 0 Å². The van der Waals surface area contributed by atoms with E-state index >= 15 is 0 Å². The van der Waals surface area contributed by atoms with E-state index < -0.39 is 0 Å². The van der Waals surface area contributed by atoms with Crippen LogP contribution in [0, 0.1) is 11.3 Å². The SMILES string of the molecule is CN=CC(C)(C)C1C=C(C)C(C2=NC(C)(C)CO2)=C(F)C1. The summed E-state index contributed by atoms with van der Waals surface area (Å²) in [5, 5.41) is 0. The molecule has 1 atom stereocenters. The van der Waals surface area contributed by atoms with Gasteiger partial charge in [-0.3, -0.25) is 0 Å². The van der Waals surface area contributed by atoms with Gasteiger partial charge in [-0.2, -0.15) is 0 Å². The Morgan fingerprint density at radius 1 is 1.48 bits per heavy atom. The summed E-state index contributed by atoms with van der Waals surface area (Å²) in [6.07, 6.45) is 4.39. The molecule has 0 fully saturated rings. The third-order valence-corrected chi connectivity index (χ3v) is 4.11. The molecule has 1 unspecified atom stereocenters. The van der Waals surface area contributed by atoms with Crippen molar-refractivity contribution in [2.45, 2.75) is 46.6 Å². The Balaban J connectivity index is 2.31. The smallest absolute Gasteiger partial charge is 0.219 e. The first-order valence-electron chi connectivity index (χ1n) is 7.40. The molecule has 0 aromatic heterocycles. The molecule has 0 radical (unpaired) electrons. The molecule has 4 heteroatoms. The molecule has 0 amide bonds. The number of allylic oxidation sites excluding steroid dienone is 2. The first-order valence-corrected chi connectivity index (χ1v) is 7.40. The first kappa shape index (κ1) is 15.9. The highest BCUT2D eigenvalue weighted by Gasteiger charge is 2.36. The van der Waals surface area contributed by atoms with Crippen molar-refractivity contribution >= 4 is 12.1 Å². The van der Waals surface area contributed by atoms with Crippen molar-refractivity contribution in [3.63, 3.8) is 0 Å². The number of ether oxygens (including phenoxy) is 1. The van der Waals surface area contributed by atoms with Crippen LogP contribution in [0.2, 0.25) is 0 Å². The summed E-state index contributed by atoms with van der Waals surface area (Å²) < 4.78 is 20.3. The topological polar surface area (TPSA) is 34.0 Å². The van der Waals surface area contributed by atoms with Gasteiger partial charge in [-0.1, -0.05) is 19.9 Å². The zero-order chi connectivity index (χ0) is 15.8. The molecule has 0 N–H and O–H groups in total. The van der Waals surface area contributed by atoms with Crippen LogP contribution >= 0.6 is 0 Å². The van der Waals surface area contributed by atoms with Gasteiger partial charge < -0.3 is 9.73 Å². The fourth-order valence-corrected chi connectivity index (χ4v) is 2.86. The van der Waals surface area contributed by atoms with Crippen molar-refractivity contribution < 1.29 is 9.13 Å². The minimum absolute atomic E-state index is 0.0972. The molecule has 0 bridgehead atoms. The number of halogens is 1. The van der Waals surface area contributed by atoms with Gasteiger partial charge in [-0.15, -0.1) is 0 Å². The van der Waals surface area contributed by atoms with Crippen molar-refractivity contribution in [2.24, 2.45) is 21.3 Å². The minimum Gasteiger partial charge on any atom is -0.475 e. The van der Waals surface area contributed by atoms with Crippen LogP contribution in [0.3, 0.4) is 0 Å². The highest BCUT2D eigenvalue weighted by molar-refractivity contribution is 5.99. The Hall–Kier alpha value is -1.45. The fraction of sp³-hybridized carbons (Fsp3) is 0.647. The van der Waals surface area contributed by atoms with E-state index in [1.807, 2.05) is 27.0 Å². The lowest BCUT2D eigenvalue weighted by molar-refractivity contribution is 0.277. The normalized spacial score (nSPS) is 26.0. The monoisotopic (exact) mass is 292 g/mol. The average Bonchev–Trinajstić information content (AvgIpc) is 2.68. The molecule has 0 spiro atoms. The highest BCUT2D eigenvalue weighted by atomic mass is 19.1. The quantitative estimate of drug-likeness (QED) is 0.721. The van der Waals surface area contributed by atoms with Crippen LogP contribution in [0.15, 0.2) is 33.0 Å². The molecule has 0 saturated heterocycles. The molecule has 2 rings (SSSR count). The molecular weight excluding hydrogens is 267 g/mol. The summed E-state index contributed by atoms with van der Waals surface area (Å²) in [5.41, 5.74) is 1.00. The fourth-order valence-electron chi connectivity index (χ4n) is 2.86. The van der Waals surface area contributed by atoms with Crippen molar-refractivity contribution in [1.82, 2.24) is 0 Å². The molecule has 1 aliphatic heterocycles. The van der Waals surface area contributed by atoms with E-state index in [1.54, 1.807) is 7.05 Å². The predicted octanol–water partition coefficient (Wildman–Crippen LogP) is 4.11. The number of nitrogens with zero attached hydrogens (tertiary/aromatic N) is 2. The molecule has 3 nitrogen and oxygen atoms in total. The maximum absolute atomic E-state index is 14.7. The molecule has 0 aromatic carbocycles. The summed E-state index contributed by atoms with van der Waals surface area (Å²) >= 11 is 0. The van der Waals surface area contributed by atoms with E-state index in [2.05, 4.69) is 29.9 Å². The zero-order valence-electron chi connectivity index (χ0n) is 13.8. The largest absolute Gasteiger partial charge is 0.475 e. The third-order valence-electron chi connectivity index (χ3n) is 4.11. The van der Waals surface area contributed by atoms with E-state index in [9.17, 15) is 4.39 Å². The van der Waals surface area contributed by atoms with Crippen LogP contribution in [0.4, 0.5) is 4.39 Å². The second kappa shape index (κ2) is 5.39. The summed E-state index contributed by atoms with van der Waals surface area (Å²) in [4.78, 5) is 8.60. The molecule has 1 aliphatic carbocycles. The maximum Gasteiger partial charge on any atom is 0.219 e. The van der Waals surface area contributed by atoms with Gasteiger partial charge in [0.1, 0.15) is 12.4 Å². The Morgan fingerprint density at radius 2 is 2.14 bits per heavy atom. The van der Waals surface area contributed by atoms with Crippen molar-refractivity contribution in [2.75, 3.05) is 13.7 Å². The molecule has 0 aromatic rings. The van der Waals surface area contributed by atoms with Gasteiger partial charge in [0, 0.05) is 25.1 Å². The molecule has 1 heterocycles. The van der Waals surface area contributed by atoms with E-state index in [0.717, 1.165) is 5.57 Å². The second-order valence-electron chi connectivity index (χ2n) is 7.17. The van der Waals surface area contributed by atoms with E-state index in [-0.39, 0.29) is 22.7 Å². The van der Waals surface area contributed by atoms with E-state index in [1.165, 1.54) is 0 Å². The highest BCUT2D eigenvalue weighted by Crippen LogP contribution is 2.40. The number of hydrogen-bond donors (Lipinski definition) is 0. The van der Waals surface area contributed by atoms with Crippen LogP contribution in [0.1, 0.15) is 41.0 Å². The second-order valence-corrected chi connectivity index (χ2v) is 7.17. The van der Waals surface area contributed by atoms with Crippen molar-refractivity contribution in [3.05, 3.63) is 23.0 Å². The Labute approximate surface area is 126 Å². The van der Waals surface area contributed by atoms with E-state index in [4.69, 9.17) is 4.74 Å². The minimum atomic E-state index is -0.270. The Kier molecular flexibility index (Phi) is 4.09. The lowest BCUT2D eigenvalue weighted by Gasteiger charge is -2.32. The summed E-state index contributed by atoms with van der Waals surface area (Å²) in [7, 11) is 1.75. The Bertz CT molecular complexity index is 553. The molecule has 2 aliphatic rings. The van der Waals surface area contributed by atoms with Crippen molar-refractivity contribution in [1.29, 1.82) is 0 Å². The van der Waals surface area contributed by atoms with Crippen LogP contribution < -0.4 is 0 Å². The molecule has 0 saturated carbocycles. The van der Waals surface area contributed by atoms with Crippen LogP contribution in [0.5, 0.6) is 0 Å². The number of hydrogen-bond acceptors (Lipinski definition) is 3. The van der Waals surface area contributed by atoms with Gasteiger partial charge in [0.2, 0.25) is 5.90 Å². The Morgan fingerprint density at radius 3 is 2.62 bits per heavy atom. The average molecular weight is 292 g/mol. The van der Waals surface area contributed by atoms with Crippen molar-refractivity contribution in [3.8, 4) is 0 Å². The summed E-state index contributed by atoms with van der Waals surface area (Å²) in [6, 6.07) is 0. The van der Waals surface area contributed by atoms with Gasteiger partial charge in [-0.05, 0) is 32.3 Å². The van der Waals surface area contributed by atoms with Gasteiger partial charge in [0.25, 0.3) is 0 Å².